The lowest BCUT2D eigenvalue weighted by Gasteiger charge is -2.61. The SMILES string of the molecule is C[C@H](CC[C@H](O)[C@](C)(O)CO)[C@H]1CC[C@@]2(C)C3=CC[C@H]4C(C)(C)[C@@H](O)CC[C@]4(C)C3=CC[C@]12C. The van der Waals surface area contributed by atoms with Crippen molar-refractivity contribution in [3.63, 3.8) is 0 Å². The van der Waals surface area contributed by atoms with Gasteiger partial charge in [-0.1, -0.05) is 53.7 Å². The Balaban J connectivity index is 1.59. The van der Waals surface area contributed by atoms with Crippen LogP contribution in [0.2, 0.25) is 0 Å². The minimum Gasteiger partial charge on any atom is -0.393 e. The van der Waals surface area contributed by atoms with Crippen molar-refractivity contribution in [3.8, 4) is 0 Å². The van der Waals surface area contributed by atoms with Gasteiger partial charge in [-0.2, -0.15) is 0 Å². The van der Waals surface area contributed by atoms with Crippen LogP contribution in [0.1, 0.15) is 99.8 Å². The number of hydrogen-bond acceptors (Lipinski definition) is 4. The second-order valence-electron chi connectivity index (χ2n) is 14.0. The predicted octanol–water partition coefficient (Wildman–Crippen LogP) is 5.39. The Kier molecular flexibility index (Phi) is 6.54. The summed E-state index contributed by atoms with van der Waals surface area (Å²) < 4.78 is 0. The Labute approximate surface area is 207 Å². The van der Waals surface area contributed by atoms with E-state index in [0.29, 0.717) is 24.2 Å². The number of hydrogen-bond donors (Lipinski definition) is 4. The van der Waals surface area contributed by atoms with Crippen LogP contribution < -0.4 is 0 Å². The first-order chi connectivity index (χ1) is 15.6. The molecule has 4 rings (SSSR count). The second-order valence-corrected chi connectivity index (χ2v) is 14.0. The molecule has 0 aromatic carbocycles. The molecule has 2 fully saturated rings. The maximum absolute atomic E-state index is 10.8. The zero-order valence-corrected chi connectivity index (χ0v) is 22.7. The molecule has 2 saturated carbocycles. The molecule has 0 bridgehead atoms. The van der Waals surface area contributed by atoms with E-state index in [0.717, 1.165) is 32.1 Å². The zero-order valence-electron chi connectivity index (χ0n) is 22.7. The summed E-state index contributed by atoms with van der Waals surface area (Å²) in [5.74, 6) is 1.49. The van der Waals surface area contributed by atoms with E-state index in [2.05, 4.69) is 53.7 Å². The van der Waals surface area contributed by atoms with Crippen LogP contribution in [0.5, 0.6) is 0 Å². The Bertz CT molecular complexity index is 856. The lowest BCUT2D eigenvalue weighted by Crippen LogP contribution is -2.54. The molecule has 34 heavy (non-hydrogen) atoms. The number of allylic oxidation sites excluding steroid dienone is 4. The average molecular weight is 475 g/mol. The van der Waals surface area contributed by atoms with Gasteiger partial charge in [0.25, 0.3) is 0 Å². The van der Waals surface area contributed by atoms with Gasteiger partial charge in [0.15, 0.2) is 0 Å². The summed E-state index contributed by atoms with van der Waals surface area (Å²) in [5.41, 5.74) is 2.13. The molecule has 0 amide bonds. The van der Waals surface area contributed by atoms with Gasteiger partial charge in [-0.3, -0.25) is 0 Å². The molecule has 4 aliphatic carbocycles. The van der Waals surface area contributed by atoms with Crippen LogP contribution in [-0.2, 0) is 0 Å². The monoisotopic (exact) mass is 474 g/mol. The molecule has 0 aliphatic heterocycles. The Hall–Kier alpha value is -0.680. The van der Waals surface area contributed by atoms with E-state index < -0.39 is 18.3 Å². The first-order valence-corrected chi connectivity index (χ1v) is 13.8. The van der Waals surface area contributed by atoms with Crippen molar-refractivity contribution in [1.29, 1.82) is 0 Å². The molecular weight excluding hydrogens is 424 g/mol. The van der Waals surface area contributed by atoms with E-state index in [1.165, 1.54) is 19.8 Å². The summed E-state index contributed by atoms with van der Waals surface area (Å²) in [6.07, 6.45) is 11.9. The molecule has 0 spiro atoms. The highest BCUT2D eigenvalue weighted by Crippen LogP contribution is 2.71. The van der Waals surface area contributed by atoms with Gasteiger partial charge in [-0.05, 0) is 109 Å². The van der Waals surface area contributed by atoms with Crippen molar-refractivity contribution in [2.24, 2.45) is 39.4 Å². The lowest BCUT2D eigenvalue weighted by atomic mass is 9.44. The molecule has 9 atom stereocenters. The molecule has 0 saturated heterocycles. The normalized spacial score (nSPS) is 44.6. The molecule has 0 heterocycles. The van der Waals surface area contributed by atoms with E-state index in [9.17, 15) is 20.4 Å². The molecule has 4 N–H and O–H groups in total. The van der Waals surface area contributed by atoms with Crippen molar-refractivity contribution < 1.29 is 20.4 Å². The van der Waals surface area contributed by atoms with Gasteiger partial charge >= 0.3 is 0 Å². The van der Waals surface area contributed by atoms with Crippen LogP contribution in [0.3, 0.4) is 0 Å². The van der Waals surface area contributed by atoms with Crippen LogP contribution in [0.25, 0.3) is 0 Å². The topological polar surface area (TPSA) is 80.9 Å². The van der Waals surface area contributed by atoms with Gasteiger partial charge in [0.05, 0.1) is 18.8 Å². The van der Waals surface area contributed by atoms with Gasteiger partial charge in [-0.25, -0.2) is 0 Å². The minimum absolute atomic E-state index is 0.0686. The molecule has 4 nitrogen and oxygen atoms in total. The summed E-state index contributed by atoms with van der Waals surface area (Å²) in [6.45, 7) is 15.4. The fraction of sp³-hybridized carbons (Fsp3) is 0.867. The van der Waals surface area contributed by atoms with Crippen LogP contribution in [0.4, 0.5) is 0 Å². The van der Waals surface area contributed by atoms with Crippen molar-refractivity contribution in [2.45, 2.75) is 118 Å². The summed E-state index contributed by atoms with van der Waals surface area (Å²) in [4.78, 5) is 0. The second kappa shape index (κ2) is 8.43. The minimum atomic E-state index is -1.43. The van der Waals surface area contributed by atoms with Crippen LogP contribution in [0.15, 0.2) is 23.3 Å². The molecule has 4 aliphatic rings. The Morgan fingerprint density at radius 2 is 1.71 bits per heavy atom. The van der Waals surface area contributed by atoms with Gasteiger partial charge in [-0.15, -0.1) is 0 Å². The van der Waals surface area contributed by atoms with E-state index in [1.807, 2.05) is 0 Å². The predicted molar refractivity (Wildman–Crippen MR) is 137 cm³/mol. The maximum Gasteiger partial charge on any atom is 0.111 e. The molecule has 4 heteroatoms. The first kappa shape index (κ1) is 26.4. The van der Waals surface area contributed by atoms with Crippen LogP contribution in [-0.4, -0.2) is 44.8 Å². The quantitative estimate of drug-likeness (QED) is 0.416. The summed E-state index contributed by atoms with van der Waals surface area (Å²) >= 11 is 0. The lowest BCUT2D eigenvalue weighted by molar-refractivity contribution is -0.0974. The smallest absolute Gasteiger partial charge is 0.111 e. The molecule has 0 radical (unpaired) electrons. The standard InChI is InChI=1S/C30H50O4/c1-19(8-11-25(33)30(7,34)18-31)20-12-16-29(6)22-9-10-23-26(2,3)24(32)14-15-27(23,4)21(22)13-17-28(20,29)5/h9,13,19-20,23-25,31-34H,8,10-12,14-18H2,1-7H3/t19-,20-,23+,24+,25+,27-,28-,29+,30-/m1/s1. The van der Waals surface area contributed by atoms with E-state index in [-0.39, 0.29) is 27.8 Å². The van der Waals surface area contributed by atoms with Gasteiger partial charge in [0.1, 0.15) is 5.60 Å². The third-order valence-electron chi connectivity index (χ3n) is 11.9. The van der Waals surface area contributed by atoms with Crippen LogP contribution >= 0.6 is 0 Å². The highest BCUT2D eigenvalue weighted by Gasteiger charge is 2.63. The zero-order chi connectivity index (χ0) is 25.3. The number of rotatable bonds is 6. The summed E-state index contributed by atoms with van der Waals surface area (Å²) in [5, 5.41) is 40.8. The molecular formula is C30H50O4. The van der Waals surface area contributed by atoms with E-state index in [1.54, 1.807) is 11.1 Å². The molecule has 0 aromatic rings. The van der Waals surface area contributed by atoms with Crippen LogP contribution in [0, 0.1) is 39.4 Å². The number of aliphatic hydroxyl groups excluding tert-OH is 3. The fourth-order valence-electron chi connectivity index (χ4n) is 8.98. The van der Waals surface area contributed by atoms with Gasteiger partial charge in [0, 0.05) is 0 Å². The largest absolute Gasteiger partial charge is 0.393 e. The summed E-state index contributed by atoms with van der Waals surface area (Å²) in [7, 11) is 0. The fourth-order valence-corrected chi connectivity index (χ4v) is 8.98. The van der Waals surface area contributed by atoms with E-state index >= 15 is 0 Å². The molecule has 0 unspecified atom stereocenters. The Morgan fingerprint density at radius 3 is 2.35 bits per heavy atom. The summed E-state index contributed by atoms with van der Waals surface area (Å²) in [6, 6.07) is 0. The highest BCUT2D eigenvalue weighted by atomic mass is 16.4. The average Bonchev–Trinajstić information content (AvgIpc) is 3.06. The Morgan fingerprint density at radius 1 is 1.03 bits per heavy atom. The maximum atomic E-state index is 10.8. The van der Waals surface area contributed by atoms with Crippen molar-refractivity contribution in [2.75, 3.05) is 6.61 Å². The molecule has 194 valence electrons. The van der Waals surface area contributed by atoms with Crippen molar-refractivity contribution in [1.82, 2.24) is 0 Å². The van der Waals surface area contributed by atoms with Crippen molar-refractivity contribution in [3.05, 3.63) is 23.3 Å². The van der Waals surface area contributed by atoms with Gasteiger partial charge < -0.3 is 20.4 Å². The van der Waals surface area contributed by atoms with E-state index in [4.69, 9.17) is 0 Å². The third kappa shape index (κ3) is 3.61. The number of aliphatic hydroxyl groups is 4. The van der Waals surface area contributed by atoms with Gasteiger partial charge in [0.2, 0.25) is 0 Å². The highest BCUT2D eigenvalue weighted by molar-refractivity contribution is 5.49. The third-order valence-corrected chi connectivity index (χ3v) is 11.9. The first-order valence-electron chi connectivity index (χ1n) is 13.8. The van der Waals surface area contributed by atoms with Crippen molar-refractivity contribution >= 4 is 0 Å². The molecule has 0 aromatic heterocycles. The number of fused-ring (bicyclic) bond motifs is 5.